The van der Waals surface area contributed by atoms with E-state index in [-0.39, 0.29) is 36.5 Å². The smallest absolute Gasteiger partial charge is 0.189 e. The van der Waals surface area contributed by atoms with E-state index >= 15 is 0 Å². The van der Waals surface area contributed by atoms with Crippen LogP contribution in [0.1, 0.15) is 0 Å². The molecule has 0 saturated carbocycles. The minimum Gasteiger partial charge on any atom is -0.454 e. The van der Waals surface area contributed by atoms with E-state index in [0.717, 1.165) is 0 Å². The summed E-state index contributed by atoms with van der Waals surface area (Å²) >= 11 is 4.65. The molecule has 49 valence electrons. The van der Waals surface area contributed by atoms with Gasteiger partial charge in [0.15, 0.2) is 4.71 Å². The predicted octanol–water partition coefficient (Wildman–Crippen LogP) is 2.00. The van der Waals surface area contributed by atoms with Crippen molar-refractivity contribution in [1.29, 1.82) is 0 Å². The van der Waals surface area contributed by atoms with Crippen LogP contribution in [0, 0.1) is 4.71 Å². The number of rotatable bonds is 0. The molecule has 1 heterocycles. The molecule has 0 unspecified atom stereocenters. The van der Waals surface area contributed by atoms with Gasteiger partial charge in [0.05, 0.1) is 6.26 Å². The van der Waals surface area contributed by atoms with Crippen LogP contribution >= 0.6 is 12.2 Å². The molecule has 9 heavy (non-hydrogen) atoms. The molecule has 0 atom stereocenters. The predicted molar refractivity (Wildman–Crippen MR) is 29.5 cm³/mol. The summed E-state index contributed by atoms with van der Waals surface area (Å²) in [5.74, 6) is 0. The third-order valence-electron chi connectivity index (χ3n) is 0.606. The van der Waals surface area contributed by atoms with Crippen LogP contribution in [0.15, 0.2) is 28.9 Å². The van der Waals surface area contributed by atoms with Gasteiger partial charge in [0.2, 0.25) is 0 Å². The second-order valence-corrected chi connectivity index (χ2v) is 1.53. The van der Waals surface area contributed by atoms with Gasteiger partial charge in [-0.3, -0.25) is 0 Å². The van der Waals surface area contributed by atoms with Crippen molar-refractivity contribution >= 4 is 12.2 Å². The van der Waals surface area contributed by atoms with Crippen molar-refractivity contribution in [2.45, 2.75) is 0 Å². The standard InChI is InChI=1S/C5H4OS.Cu.Zn/c7-5-3-1-2-4-6-5;;/h1-4H;;. The SMILES string of the molecule is S=c1cccco1.[Cu].[Zn]. The zero-order valence-corrected chi connectivity index (χ0v) is 9.36. The van der Waals surface area contributed by atoms with Crippen molar-refractivity contribution in [2.75, 3.05) is 0 Å². The molecule has 0 saturated heterocycles. The van der Waals surface area contributed by atoms with E-state index in [1.807, 2.05) is 6.07 Å². The minimum absolute atomic E-state index is 0. The Hall–Kier alpha value is 0.513. The number of hydrogen-bond acceptors (Lipinski definition) is 2. The summed E-state index contributed by atoms with van der Waals surface area (Å²) in [5.41, 5.74) is 0. The van der Waals surface area contributed by atoms with E-state index in [9.17, 15) is 0 Å². The van der Waals surface area contributed by atoms with Crippen molar-refractivity contribution < 1.29 is 41.0 Å². The average Bonchev–Trinajstić information content (AvgIpc) is 1.69. The van der Waals surface area contributed by atoms with Gasteiger partial charge in [0, 0.05) is 36.5 Å². The van der Waals surface area contributed by atoms with Crippen LogP contribution in [0.3, 0.4) is 0 Å². The Bertz CT molecular complexity index is 183. The topological polar surface area (TPSA) is 13.1 Å². The molecule has 0 aromatic carbocycles. The van der Waals surface area contributed by atoms with Gasteiger partial charge in [-0.25, -0.2) is 0 Å². The van der Waals surface area contributed by atoms with Gasteiger partial charge in [0.25, 0.3) is 0 Å². The zero-order valence-electron chi connectivity index (χ0n) is 4.63. The van der Waals surface area contributed by atoms with E-state index in [2.05, 4.69) is 12.2 Å². The Morgan fingerprint density at radius 3 is 2.22 bits per heavy atom. The quantitative estimate of drug-likeness (QED) is 0.509. The molecule has 0 amide bonds. The van der Waals surface area contributed by atoms with Crippen molar-refractivity contribution in [3.05, 3.63) is 29.2 Å². The maximum Gasteiger partial charge on any atom is 0.189 e. The van der Waals surface area contributed by atoms with Crippen LogP contribution in [0.2, 0.25) is 0 Å². The van der Waals surface area contributed by atoms with E-state index in [1.54, 1.807) is 18.4 Å². The van der Waals surface area contributed by atoms with Crippen LogP contribution in [0.4, 0.5) is 0 Å². The Morgan fingerprint density at radius 2 is 2.00 bits per heavy atom. The molecular formula is C5H4CuOSZn. The molecule has 4 heteroatoms. The van der Waals surface area contributed by atoms with Gasteiger partial charge < -0.3 is 4.42 Å². The first kappa shape index (κ1) is 12.2. The van der Waals surface area contributed by atoms with Crippen LogP contribution in [-0.4, -0.2) is 0 Å². The minimum atomic E-state index is 0. The fourth-order valence-electron chi connectivity index (χ4n) is 0.325. The van der Waals surface area contributed by atoms with E-state index in [0.29, 0.717) is 4.71 Å². The van der Waals surface area contributed by atoms with E-state index in [1.165, 1.54) is 0 Å². The van der Waals surface area contributed by atoms with Crippen molar-refractivity contribution in [2.24, 2.45) is 0 Å². The molecule has 0 aliphatic rings. The van der Waals surface area contributed by atoms with E-state index < -0.39 is 0 Å². The van der Waals surface area contributed by atoms with Gasteiger partial charge in [-0.05, 0) is 24.4 Å². The molecule has 0 fully saturated rings. The Kier molecular flexibility index (Phi) is 9.00. The van der Waals surface area contributed by atoms with Gasteiger partial charge in [-0.15, -0.1) is 0 Å². The first-order chi connectivity index (χ1) is 3.39. The van der Waals surface area contributed by atoms with Gasteiger partial charge in [0.1, 0.15) is 0 Å². The molecule has 0 aliphatic carbocycles. The van der Waals surface area contributed by atoms with Crippen LogP contribution in [0.5, 0.6) is 0 Å². The van der Waals surface area contributed by atoms with Crippen molar-refractivity contribution in [3.8, 4) is 0 Å². The summed E-state index contributed by atoms with van der Waals surface area (Å²) in [6.07, 6.45) is 1.56. The van der Waals surface area contributed by atoms with Gasteiger partial charge >= 0.3 is 0 Å². The first-order valence-electron chi connectivity index (χ1n) is 1.93. The molecule has 0 aliphatic heterocycles. The second kappa shape index (κ2) is 6.63. The fraction of sp³-hybridized carbons (Fsp3) is 0. The maximum atomic E-state index is 4.74. The first-order valence-corrected chi connectivity index (χ1v) is 2.34. The summed E-state index contributed by atoms with van der Waals surface area (Å²) in [6, 6.07) is 5.36. The molecule has 1 radical (unpaired) electrons. The maximum absolute atomic E-state index is 4.74. The third kappa shape index (κ3) is 4.98. The van der Waals surface area contributed by atoms with Crippen molar-refractivity contribution in [3.63, 3.8) is 0 Å². The second-order valence-electron chi connectivity index (χ2n) is 1.12. The molecule has 0 N–H and O–H groups in total. The Morgan fingerprint density at radius 1 is 1.33 bits per heavy atom. The number of hydrogen-bond donors (Lipinski definition) is 0. The summed E-state index contributed by atoms with van der Waals surface area (Å²) in [5, 5.41) is 0. The molecule has 0 spiro atoms. The molecule has 1 aromatic heterocycles. The summed E-state index contributed by atoms with van der Waals surface area (Å²) in [7, 11) is 0. The zero-order chi connectivity index (χ0) is 5.11. The Labute approximate surface area is 82.1 Å². The van der Waals surface area contributed by atoms with Crippen molar-refractivity contribution in [1.82, 2.24) is 0 Å². The monoisotopic (exact) mass is 239 g/mol. The molecule has 1 aromatic rings. The molecule has 1 rings (SSSR count). The largest absolute Gasteiger partial charge is 0.454 e. The van der Waals surface area contributed by atoms with Gasteiger partial charge in [-0.2, -0.15) is 0 Å². The normalized spacial score (nSPS) is 6.67. The Balaban J connectivity index is 0. The van der Waals surface area contributed by atoms with Crippen LogP contribution in [0.25, 0.3) is 0 Å². The molecule has 1 nitrogen and oxygen atoms in total. The van der Waals surface area contributed by atoms with Crippen LogP contribution < -0.4 is 0 Å². The van der Waals surface area contributed by atoms with Gasteiger partial charge in [-0.1, -0.05) is 6.07 Å². The molecule has 0 bridgehead atoms. The summed E-state index contributed by atoms with van der Waals surface area (Å²) < 4.78 is 5.27. The van der Waals surface area contributed by atoms with Crippen LogP contribution in [-0.2, 0) is 36.5 Å². The fourth-order valence-corrected chi connectivity index (χ4v) is 0.459. The van der Waals surface area contributed by atoms with E-state index in [4.69, 9.17) is 4.42 Å². The summed E-state index contributed by atoms with van der Waals surface area (Å²) in [6.45, 7) is 0. The summed E-state index contributed by atoms with van der Waals surface area (Å²) in [4.78, 5) is 0. The average molecular weight is 241 g/mol. The third-order valence-corrected chi connectivity index (χ3v) is 0.838. The molecular weight excluding hydrogens is 237 g/mol.